The Kier molecular flexibility index (Phi) is 3.90. The van der Waals surface area contributed by atoms with Gasteiger partial charge in [0.05, 0.1) is 6.20 Å². The molecule has 0 unspecified atom stereocenters. The maximum absolute atomic E-state index is 12.0. The van der Waals surface area contributed by atoms with E-state index in [1.54, 1.807) is 10.9 Å². The Morgan fingerprint density at radius 3 is 3.00 bits per heavy atom. The van der Waals surface area contributed by atoms with Crippen molar-refractivity contribution in [2.75, 3.05) is 5.32 Å². The summed E-state index contributed by atoms with van der Waals surface area (Å²) in [6, 6.07) is 5.99. The average molecular weight is 284 g/mol. The number of benzene rings is 1. The third-order valence-electron chi connectivity index (χ3n) is 3.86. The fourth-order valence-electron chi connectivity index (χ4n) is 2.81. The van der Waals surface area contributed by atoms with Crippen molar-refractivity contribution in [2.24, 2.45) is 7.05 Å². The van der Waals surface area contributed by atoms with Gasteiger partial charge in [-0.1, -0.05) is 12.1 Å². The fraction of sp³-hybridized carbons (Fsp3) is 0.375. The van der Waals surface area contributed by atoms with E-state index in [4.69, 9.17) is 0 Å². The van der Waals surface area contributed by atoms with Crippen molar-refractivity contribution in [1.82, 2.24) is 15.1 Å². The number of rotatable bonds is 3. The van der Waals surface area contributed by atoms with Crippen molar-refractivity contribution in [1.29, 1.82) is 0 Å². The maximum Gasteiger partial charge on any atom is 0.319 e. The van der Waals surface area contributed by atoms with Gasteiger partial charge in [-0.2, -0.15) is 5.10 Å². The second kappa shape index (κ2) is 5.99. The van der Waals surface area contributed by atoms with E-state index < -0.39 is 0 Å². The number of anilines is 1. The molecule has 0 spiro atoms. The molecule has 2 amide bonds. The van der Waals surface area contributed by atoms with E-state index in [0.29, 0.717) is 6.54 Å². The highest BCUT2D eigenvalue weighted by molar-refractivity contribution is 5.90. The summed E-state index contributed by atoms with van der Waals surface area (Å²) in [6.45, 7) is 0.481. The molecule has 1 aromatic heterocycles. The molecule has 0 fully saturated rings. The highest BCUT2D eigenvalue weighted by atomic mass is 16.2. The maximum atomic E-state index is 12.0. The number of hydrogen-bond donors (Lipinski definition) is 2. The van der Waals surface area contributed by atoms with Crippen LogP contribution in [0.3, 0.4) is 0 Å². The first kappa shape index (κ1) is 13.7. The number of hydrogen-bond acceptors (Lipinski definition) is 2. The molecule has 0 atom stereocenters. The third-order valence-corrected chi connectivity index (χ3v) is 3.86. The standard InChI is InChI=1S/C16H20N4O/c1-20-11-12(10-18-20)9-17-16(21)19-15-8-4-6-13-5-2-3-7-14(13)15/h4,6,8,10-11H,2-3,5,7,9H2,1H3,(H2,17,19,21). The van der Waals surface area contributed by atoms with Crippen molar-refractivity contribution in [3.05, 3.63) is 47.3 Å². The molecular weight excluding hydrogens is 264 g/mol. The monoisotopic (exact) mass is 284 g/mol. The molecule has 2 N–H and O–H groups in total. The van der Waals surface area contributed by atoms with E-state index in [0.717, 1.165) is 24.1 Å². The summed E-state index contributed by atoms with van der Waals surface area (Å²) in [7, 11) is 1.86. The number of carbonyl (C=O) groups excluding carboxylic acids is 1. The van der Waals surface area contributed by atoms with E-state index in [-0.39, 0.29) is 6.03 Å². The van der Waals surface area contributed by atoms with E-state index in [9.17, 15) is 4.79 Å². The van der Waals surface area contributed by atoms with Crippen LogP contribution in [0.25, 0.3) is 0 Å². The van der Waals surface area contributed by atoms with Gasteiger partial charge in [0.15, 0.2) is 0 Å². The summed E-state index contributed by atoms with van der Waals surface area (Å²) in [5.74, 6) is 0. The minimum Gasteiger partial charge on any atom is -0.334 e. The van der Waals surface area contributed by atoms with Crippen LogP contribution >= 0.6 is 0 Å². The minimum atomic E-state index is -0.169. The van der Waals surface area contributed by atoms with Gasteiger partial charge in [-0.25, -0.2) is 4.79 Å². The first-order valence-electron chi connectivity index (χ1n) is 7.35. The van der Waals surface area contributed by atoms with Gasteiger partial charge < -0.3 is 10.6 Å². The molecule has 5 nitrogen and oxygen atoms in total. The second-order valence-corrected chi connectivity index (χ2v) is 5.48. The molecule has 5 heteroatoms. The van der Waals surface area contributed by atoms with Gasteiger partial charge >= 0.3 is 6.03 Å². The van der Waals surface area contributed by atoms with E-state index >= 15 is 0 Å². The van der Waals surface area contributed by atoms with Gasteiger partial charge in [0.1, 0.15) is 0 Å². The van der Waals surface area contributed by atoms with E-state index in [1.807, 2.05) is 25.4 Å². The third kappa shape index (κ3) is 3.24. The summed E-state index contributed by atoms with van der Waals surface area (Å²) in [5.41, 5.74) is 4.59. The lowest BCUT2D eigenvalue weighted by molar-refractivity contribution is 0.251. The lowest BCUT2D eigenvalue weighted by Gasteiger charge is -2.19. The Bertz CT molecular complexity index is 647. The van der Waals surface area contributed by atoms with E-state index in [1.165, 1.54) is 24.0 Å². The summed E-state index contributed by atoms with van der Waals surface area (Å²) >= 11 is 0. The molecule has 0 aliphatic heterocycles. The van der Waals surface area contributed by atoms with Crippen molar-refractivity contribution in [3.8, 4) is 0 Å². The van der Waals surface area contributed by atoms with Gasteiger partial charge in [-0.15, -0.1) is 0 Å². The quantitative estimate of drug-likeness (QED) is 0.910. The highest BCUT2D eigenvalue weighted by Crippen LogP contribution is 2.27. The molecule has 3 rings (SSSR count). The summed E-state index contributed by atoms with van der Waals surface area (Å²) < 4.78 is 1.72. The molecule has 2 aromatic rings. The summed E-state index contributed by atoms with van der Waals surface area (Å²) in [6.07, 6.45) is 8.25. The zero-order valence-corrected chi connectivity index (χ0v) is 12.2. The minimum absolute atomic E-state index is 0.169. The van der Waals surface area contributed by atoms with E-state index in [2.05, 4.69) is 21.8 Å². The van der Waals surface area contributed by atoms with Crippen LogP contribution in [-0.4, -0.2) is 15.8 Å². The molecule has 0 radical (unpaired) electrons. The SMILES string of the molecule is Cn1cc(CNC(=O)Nc2cccc3c2CCCC3)cn1. The molecule has 110 valence electrons. The molecule has 1 heterocycles. The van der Waals surface area contributed by atoms with Gasteiger partial charge in [-0.05, 0) is 42.9 Å². The molecule has 0 saturated carbocycles. The van der Waals surface area contributed by atoms with Crippen molar-refractivity contribution < 1.29 is 4.79 Å². The van der Waals surface area contributed by atoms with Crippen molar-refractivity contribution in [2.45, 2.75) is 32.2 Å². The lowest BCUT2D eigenvalue weighted by Crippen LogP contribution is -2.28. The Balaban J connectivity index is 1.62. The Labute approximate surface area is 124 Å². The van der Waals surface area contributed by atoms with Gasteiger partial charge in [0, 0.05) is 31.0 Å². The molecule has 1 aliphatic carbocycles. The normalized spacial score (nSPS) is 13.6. The molecular formula is C16H20N4O. The van der Waals surface area contributed by atoms with Crippen molar-refractivity contribution in [3.63, 3.8) is 0 Å². The molecule has 1 aromatic carbocycles. The molecule has 21 heavy (non-hydrogen) atoms. The largest absolute Gasteiger partial charge is 0.334 e. The molecule has 1 aliphatic rings. The number of nitrogens with one attached hydrogen (secondary N) is 2. The first-order valence-corrected chi connectivity index (χ1v) is 7.35. The zero-order valence-electron chi connectivity index (χ0n) is 12.2. The van der Waals surface area contributed by atoms with Crippen LogP contribution in [0.1, 0.15) is 29.5 Å². The highest BCUT2D eigenvalue weighted by Gasteiger charge is 2.14. The second-order valence-electron chi connectivity index (χ2n) is 5.48. The predicted octanol–water partition coefficient (Wildman–Crippen LogP) is 2.62. The fourth-order valence-corrected chi connectivity index (χ4v) is 2.81. The van der Waals surface area contributed by atoms with Crippen LogP contribution in [0.15, 0.2) is 30.6 Å². The van der Waals surface area contributed by atoms with Crippen LogP contribution in [0.5, 0.6) is 0 Å². The smallest absolute Gasteiger partial charge is 0.319 e. The Hall–Kier alpha value is -2.30. The summed E-state index contributed by atoms with van der Waals surface area (Å²) in [5, 5.41) is 9.92. The van der Waals surface area contributed by atoms with Gasteiger partial charge in [-0.3, -0.25) is 4.68 Å². The van der Waals surface area contributed by atoms with Gasteiger partial charge in [0.2, 0.25) is 0 Å². The molecule has 0 bridgehead atoms. The van der Waals surface area contributed by atoms with Crippen molar-refractivity contribution >= 4 is 11.7 Å². The lowest BCUT2D eigenvalue weighted by atomic mass is 9.90. The average Bonchev–Trinajstić information content (AvgIpc) is 2.91. The van der Waals surface area contributed by atoms with Crippen LogP contribution in [0, 0.1) is 0 Å². The summed E-state index contributed by atoms with van der Waals surface area (Å²) in [4.78, 5) is 12.0. The van der Waals surface area contributed by atoms with Crippen LogP contribution in [0.4, 0.5) is 10.5 Å². The van der Waals surface area contributed by atoms with Gasteiger partial charge in [0.25, 0.3) is 0 Å². The van der Waals surface area contributed by atoms with Crippen LogP contribution < -0.4 is 10.6 Å². The first-order chi connectivity index (χ1) is 10.2. The number of fused-ring (bicyclic) bond motifs is 1. The number of aromatic nitrogens is 2. The van der Waals surface area contributed by atoms with Crippen LogP contribution in [0.2, 0.25) is 0 Å². The topological polar surface area (TPSA) is 59.0 Å². The number of amides is 2. The zero-order chi connectivity index (χ0) is 14.7. The van der Waals surface area contributed by atoms with Crippen LogP contribution in [-0.2, 0) is 26.4 Å². The number of urea groups is 1. The Morgan fingerprint density at radius 2 is 2.19 bits per heavy atom. The molecule has 0 saturated heterocycles. The number of aryl methyl sites for hydroxylation is 2. The number of nitrogens with zero attached hydrogens (tertiary/aromatic N) is 2. The Morgan fingerprint density at radius 1 is 1.33 bits per heavy atom. The number of carbonyl (C=O) groups is 1. The predicted molar refractivity (Wildman–Crippen MR) is 82.2 cm³/mol.